The van der Waals surface area contributed by atoms with Crippen LogP contribution in [0.25, 0.3) is 0 Å². The summed E-state index contributed by atoms with van der Waals surface area (Å²) in [7, 11) is 3.16. The molecule has 1 N–H and O–H groups in total. The first-order valence-electron chi connectivity index (χ1n) is 8.59. The molecule has 27 heavy (non-hydrogen) atoms. The van der Waals surface area contributed by atoms with Crippen LogP contribution in [-0.4, -0.2) is 45.2 Å². The van der Waals surface area contributed by atoms with E-state index in [1.807, 2.05) is 18.2 Å². The van der Waals surface area contributed by atoms with E-state index in [0.717, 1.165) is 5.69 Å². The van der Waals surface area contributed by atoms with Gasteiger partial charge in [0.1, 0.15) is 17.2 Å². The molecule has 1 atom stereocenters. The van der Waals surface area contributed by atoms with E-state index in [4.69, 9.17) is 14.2 Å². The molecule has 2 aromatic rings. The smallest absolute Gasteiger partial charge is 0.258 e. The molecule has 1 aliphatic rings. The van der Waals surface area contributed by atoms with Crippen molar-refractivity contribution < 1.29 is 23.8 Å². The highest BCUT2D eigenvalue weighted by molar-refractivity contribution is 5.97. The van der Waals surface area contributed by atoms with Crippen LogP contribution in [0.3, 0.4) is 0 Å². The highest BCUT2D eigenvalue weighted by atomic mass is 16.5. The second-order valence-electron chi connectivity index (χ2n) is 6.14. The summed E-state index contributed by atoms with van der Waals surface area (Å²) in [5, 5.41) is 2.85. The Kier molecular flexibility index (Phi) is 5.80. The van der Waals surface area contributed by atoms with E-state index in [9.17, 15) is 9.59 Å². The Balaban J connectivity index is 1.51. The predicted molar refractivity (Wildman–Crippen MR) is 100 cm³/mol. The molecule has 0 spiro atoms. The number of nitrogens with zero attached hydrogens (tertiary/aromatic N) is 1. The predicted octanol–water partition coefficient (Wildman–Crippen LogP) is 2.00. The molecule has 0 bridgehead atoms. The molecule has 0 saturated carbocycles. The van der Waals surface area contributed by atoms with Crippen LogP contribution in [0.15, 0.2) is 48.5 Å². The Morgan fingerprint density at radius 1 is 1.07 bits per heavy atom. The zero-order valence-corrected chi connectivity index (χ0v) is 15.3. The van der Waals surface area contributed by atoms with Crippen molar-refractivity contribution in [1.29, 1.82) is 0 Å². The van der Waals surface area contributed by atoms with E-state index in [1.54, 1.807) is 49.5 Å². The summed E-state index contributed by atoms with van der Waals surface area (Å²) in [6.07, 6.45) is 0.255. The second kappa shape index (κ2) is 8.44. The van der Waals surface area contributed by atoms with E-state index in [2.05, 4.69) is 5.32 Å². The number of hydrogen-bond donors (Lipinski definition) is 1. The molecular weight excluding hydrogens is 348 g/mol. The average Bonchev–Trinajstić information content (AvgIpc) is 3.06. The number of ether oxygens (including phenoxy) is 3. The number of anilines is 1. The molecule has 0 aromatic heterocycles. The monoisotopic (exact) mass is 370 g/mol. The van der Waals surface area contributed by atoms with Gasteiger partial charge in [0.2, 0.25) is 5.91 Å². The molecule has 1 unspecified atom stereocenters. The molecule has 0 radical (unpaired) electrons. The molecule has 7 heteroatoms. The Hall–Kier alpha value is -3.22. The lowest BCUT2D eigenvalue weighted by Crippen LogP contribution is -2.39. The lowest BCUT2D eigenvalue weighted by molar-refractivity contribution is -0.123. The van der Waals surface area contributed by atoms with Gasteiger partial charge in [-0.15, -0.1) is 0 Å². The van der Waals surface area contributed by atoms with E-state index in [1.165, 1.54) is 0 Å². The summed E-state index contributed by atoms with van der Waals surface area (Å²) in [4.78, 5) is 26.1. The summed E-state index contributed by atoms with van der Waals surface area (Å²) < 4.78 is 15.7. The van der Waals surface area contributed by atoms with Crippen molar-refractivity contribution in [2.24, 2.45) is 0 Å². The van der Waals surface area contributed by atoms with Gasteiger partial charge in [0.05, 0.1) is 20.3 Å². The van der Waals surface area contributed by atoms with Crippen LogP contribution < -0.4 is 24.4 Å². The summed E-state index contributed by atoms with van der Waals surface area (Å²) in [6.45, 7) is 0.302. The van der Waals surface area contributed by atoms with Gasteiger partial charge < -0.3 is 24.4 Å². The van der Waals surface area contributed by atoms with E-state index >= 15 is 0 Å². The van der Waals surface area contributed by atoms with Crippen LogP contribution in [0.2, 0.25) is 0 Å². The first-order chi connectivity index (χ1) is 13.1. The minimum atomic E-state index is -0.267. The fraction of sp³-hybridized carbons (Fsp3) is 0.300. The van der Waals surface area contributed by atoms with Gasteiger partial charge >= 0.3 is 0 Å². The Bertz CT molecular complexity index is 806. The van der Waals surface area contributed by atoms with Crippen molar-refractivity contribution in [2.45, 2.75) is 12.5 Å². The third-order valence-electron chi connectivity index (χ3n) is 4.28. The van der Waals surface area contributed by atoms with Crippen molar-refractivity contribution in [3.8, 4) is 17.2 Å². The van der Waals surface area contributed by atoms with Crippen LogP contribution in [0.1, 0.15) is 6.42 Å². The van der Waals surface area contributed by atoms with Crippen molar-refractivity contribution in [3.05, 3.63) is 48.5 Å². The van der Waals surface area contributed by atoms with Gasteiger partial charge in [0, 0.05) is 24.7 Å². The van der Waals surface area contributed by atoms with Gasteiger partial charge in [-0.3, -0.25) is 9.59 Å². The van der Waals surface area contributed by atoms with Crippen LogP contribution in [0.5, 0.6) is 17.2 Å². The summed E-state index contributed by atoms with van der Waals surface area (Å²) in [5.74, 6) is 1.67. The maximum atomic E-state index is 12.3. The maximum Gasteiger partial charge on any atom is 0.258 e. The van der Waals surface area contributed by atoms with Gasteiger partial charge in [0.15, 0.2) is 6.61 Å². The zero-order chi connectivity index (χ0) is 19.2. The van der Waals surface area contributed by atoms with Gasteiger partial charge in [0.25, 0.3) is 5.91 Å². The van der Waals surface area contributed by atoms with E-state index < -0.39 is 0 Å². The molecule has 0 aliphatic carbocycles. The third-order valence-corrected chi connectivity index (χ3v) is 4.28. The largest absolute Gasteiger partial charge is 0.497 e. The summed E-state index contributed by atoms with van der Waals surface area (Å²) in [6, 6.07) is 14.0. The second-order valence-corrected chi connectivity index (χ2v) is 6.14. The standard InChI is InChI=1S/C20H22N2O5/c1-25-16-6-8-17(9-7-16)27-13-19(23)21-14-10-20(24)22(12-14)15-4-3-5-18(11-15)26-2/h3-9,11,14H,10,12-13H2,1-2H3,(H,21,23). The number of methoxy groups -OCH3 is 2. The molecule has 7 nitrogen and oxygen atoms in total. The first kappa shape index (κ1) is 18.6. The SMILES string of the molecule is COc1ccc(OCC(=O)NC2CC(=O)N(c3cccc(OC)c3)C2)cc1. The highest BCUT2D eigenvalue weighted by Gasteiger charge is 2.31. The van der Waals surface area contributed by atoms with E-state index in [0.29, 0.717) is 23.8 Å². The summed E-state index contributed by atoms with van der Waals surface area (Å²) in [5.41, 5.74) is 0.755. The molecule has 2 aromatic carbocycles. The topological polar surface area (TPSA) is 77.1 Å². The molecular formula is C20H22N2O5. The van der Waals surface area contributed by atoms with Crippen molar-refractivity contribution in [3.63, 3.8) is 0 Å². The number of hydrogen-bond acceptors (Lipinski definition) is 5. The highest BCUT2D eigenvalue weighted by Crippen LogP contribution is 2.25. The normalized spacial score (nSPS) is 16.1. The number of carbonyl (C=O) groups excluding carboxylic acids is 2. The molecule has 1 aliphatic heterocycles. The number of nitrogens with one attached hydrogen (secondary N) is 1. The van der Waals surface area contributed by atoms with Gasteiger partial charge in [-0.2, -0.15) is 0 Å². The summed E-state index contributed by atoms with van der Waals surface area (Å²) >= 11 is 0. The quantitative estimate of drug-likeness (QED) is 0.807. The number of benzene rings is 2. The maximum absolute atomic E-state index is 12.3. The fourth-order valence-corrected chi connectivity index (χ4v) is 2.92. The number of amides is 2. The van der Waals surface area contributed by atoms with Crippen molar-refractivity contribution in [1.82, 2.24) is 5.32 Å². The zero-order valence-electron chi connectivity index (χ0n) is 15.3. The Labute approximate surface area is 157 Å². The number of carbonyl (C=O) groups is 2. The minimum absolute atomic E-state index is 0.0374. The Morgan fingerprint density at radius 3 is 2.48 bits per heavy atom. The molecule has 1 fully saturated rings. The lowest BCUT2D eigenvalue weighted by atomic mass is 10.2. The van der Waals surface area contributed by atoms with Crippen molar-refractivity contribution in [2.75, 3.05) is 32.3 Å². The van der Waals surface area contributed by atoms with Crippen LogP contribution >= 0.6 is 0 Å². The first-order valence-corrected chi connectivity index (χ1v) is 8.59. The molecule has 1 saturated heterocycles. The number of rotatable bonds is 7. The molecule has 1 heterocycles. The fourth-order valence-electron chi connectivity index (χ4n) is 2.92. The lowest BCUT2D eigenvalue weighted by Gasteiger charge is -2.18. The van der Waals surface area contributed by atoms with Crippen molar-refractivity contribution >= 4 is 17.5 Å². The molecule has 3 rings (SSSR count). The van der Waals surface area contributed by atoms with Crippen LogP contribution in [0.4, 0.5) is 5.69 Å². The van der Waals surface area contributed by atoms with Gasteiger partial charge in [-0.1, -0.05) is 6.07 Å². The van der Waals surface area contributed by atoms with Crippen LogP contribution in [0, 0.1) is 0 Å². The Morgan fingerprint density at radius 2 is 1.78 bits per heavy atom. The average molecular weight is 370 g/mol. The molecule has 2 amide bonds. The van der Waals surface area contributed by atoms with Crippen LogP contribution in [-0.2, 0) is 9.59 Å². The third kappa shape index (κ3) is 4.69. The van der Waals surface area contributed by atoms with Gasteiger partial charge in [-0.25, -0.2) is 0 Å². The van der Waals surface area contributed by atoms with E-state index in [-0.39, 0.29) is 30.9 Å². The minimum Gasteiger partial charge on any atom is -0.497 e. The van der Waals surface area contributed by atoms with Gasteiger partial charge in [-0.05, 0) is 36.4 Å². The molecule has 142 valence electrons.